The molecule has 1 aromatic rings. The third-order valence-electron chi connectivity index (χ3n) is 2.69. The smallest absolute Gasteiger partial charge is 0.162 e. The Morgan fingerprint density at radius 2 is 2.00 bits per heavy atom. The Morgan fingerprint density at radius 3 is 2.65 bits per heavy atom. The van der Waals surface area contributed by atoms with Gasteiger partial charge in [0.25, 0.3) is 0 Å². The largest absolute Gasteiger partial charge is 0.493 e. The summed E-state index contributed by atoms with van der Waals surface area (Å²) in [6, 6.07) is 3.86. The molecule has 1 aliphatic rings. The molecule has 0 radical (unpaired) electrons. The van der Waals surface area contributed by atoms with Gasteiger partial charge in [-0.05, 0) is 6.07 Å². The van der Waals surface area contributed by atoms with E-state index < -0.39 is 0 Å². The van der Waals surface area contributed by atoms with Crippen LogP contribution in [0.15, 0.2) is 17.1 Å². The van der Waals surface area contributed by atoms with Gasteiger partial charge in [0.1, 0.15) is 0 Å². The summed E-state index contributed by atoms with van der Waals surface area (Å²) in [5.41, 5.74) is 2.05. The maximum Gasteiger partial charge on any atom is 0.162 e. The fourth-order valence-corrected chi connectivity index (χ4v) is 2.02. The normalized spacial score (nSPS) is 13.5. The second-order valence-corrected chi connectivity index (χ2v) is 4.12. The molecule has 1 aliphatic heterocycles. The molecular weight excluding hydrogens is 240 g/mol. The summed E-state index contributed by atoms with van der Waals surface area (Å²) in [6.07, 6.45) is 1.82. The highest BCUT2D eigenvalue weighted by Gasteiger charge is 2.15. The van der Waals surface area contributed by atoms with E-state index in [1.807, 2.05) is 18.5 Å². The molecule has 17 heavy (non-hydrogen) atoms. The highest BCUT2D eigenvalue weighted by atomic mass is 35.5. The topological polar surface area (TPSA) is 34.1 Å². The number of ether oxygens (including phenoxy) is 2. The van der Waals surface area contributed by atoms with E-state index in [0.717, 1.165) is 30.1 Å². The molecule has 0 aliphatic carbocycles. The SMILES string of the molecule is COc1cc2c(cc1OC)N=CN(CCCl)C2. The van der Waals surface area contributed by atoms with Gasteiger partial charge in [-0.2, -0.15) is 0 Å². The molecule has 0 amide bonds. The van der Waals surface area contributed by atoms with E-state index in [2.05, 4.69) is 9.89 Å². The average Bonchev–Trinajstić information content (AvgIpc) is 2.37. The van der Waals surface area contributed by atoms with Crippen molar-refractivity contribution in [2.45, 2.75) is 6.54 Å². The van der Waals surface area contributed by atoms with Crippen LogP contribution in [0.4, 0.5) is 5.69 Å². The lowest BCUT2D eigenvalue weighted by Gasteiger charge is -2.24. The molecule has 0 unspecified atom stereocenters. The molecule has 1 heterocycles. The monoisotopic (exact) mass is 254 g/mol. The van der Waals surface area contributed by atoms with Crippen LogP contribution in [0.2, 0.25) is 0 Å². The first-order chi connectivity index (χ1) is 8.28. The number of halogens is 1. The van der Waals surface area contributed by atoms with E-state index in [-0.39, 0.29) is 0 Å². The molecule has 0 atom stereocenters. The molecule has 0 fully saturated rings. The lowest BCUT2D eigenvalue weighted by molar-refractivity contribution is 0.353. The zero-order valence-electron chi connectivity index (χ0n) is 9.94. The Morgan fingerprint density at radius 1 is 1.29 bits per heavy atom. The highest BCUT2D eigenvalue weighted by molar-refractivity contribution is 6.18. The van der Waals surface area contributed by atoms with Gasteiger partial charge in [-0.15, -0.1) is 11.6 Å². The van der Waals surface area contributed by atoms with Crippen molar-refractivity contribution in [2.24, 2.45) is 4.99 Å². The molecule has 0 spiro atoms. The van der Waals surface area contributed by atoms with Gasteiger partial charge in [-0.3, -0.25) is 0 Å². The number of aliphatic imine (C=N–C) groups is 1. The molecule has 5 heteroatoms. The zero-order valence-corrected chi connectivity index (χ0v) is 10.7. The molecule has 0 N–H and O–H groups in total. The number of rotatable bonds is 4. The van der Waals surface area contributed by atoms with Crippen molar-refractivity contribution in [2.75, 3.05) is 26.6 Å². The van der Waals surface area contributed by atoms with Crippen molar-refractivity contribution in [3.05, 3.63) is 17.7 Å². The van der Waals surface area contributed by atoms with Crippen LogP contribution in [0, 0.1) is 0 Å². The Labute approximate surface area is 106 Å². The lowest BCUT2D eigenvalue weighted by atomic mass is 10.1. The van der Waals surface area contributed by atoms with E-state index >= 15 is 0 Å². The van der Waals surface area contributed by atoms with Gasteiger partial charge in [0.15, 0.2) is 11.5 Å². The third-order valence-corrected chi connectivity index (χ3v) is 2.86. The predicted molar refractivity (Wildman–Crippen MR) is 68.8 cm³/mol. The van der Waals surface area contributed by atoms with E-state index in [1.54, 1.807) is 14.2 Å². The van der Waals surface area contributed by atoms with E-state index in [4.69, 9.17) is 21.1 Å². The van der Waals surface area contributed by atoms with Crippen molar-refractivity contribution >= 4 is 23.6 Å². The maximum absolute atomic E-state index is 5.72. The van der Waals surface area contributed by atoms with Crippen LogP contribution in [-0.2, 0) is 6.54 Å². The quantitative estimate of drug-likeness (QED) is 0.774. The number of benzene rings is 1. The third kappa shape index (κ3) is 2.47. The van der Waals surface area contributed by atoms with Crippen molar-refractivity contribution in [1.29, 1.82) is 0 Å². The highest BCUT2D eigenvalue weighted by Crippen LogP contribution is 2.36. The average molecular weight is 255 g/mol. The fourth-order valence-electron chi connectivity index (χ4n) is 1.81. The van der Waals surface area contributed by atoms with Crippen LogP contribution < -0.4 is 9.47 Å². The number of fused-ring (bicyclic) bond motifs is 1. The predicted octanol–water partition coefficient (Wildman–Crippen LogP) is 2.42. The molecule has 1 aromatic carbocycles. The minimum atomic E-state index is 0.592. The summed E-state index contributed by atoms with van der Waals surface area (Å²) in [6.45, 7) is 1.59. The minimum Gasteiger partial charge on any atom is -0.493 e. The van der Waals surface area contributed by atoms with Gasteiger partial charge in [0.2, 0.25) is 0 Å². The first kappa shape index (κ1) is 12.0. The molecule has 92 valence electrons. The molecule has 4 nitrogen and oxygen atoms in total. The standard InChI is InChI=1S/C12H15ClN2O2/c1-16-11-5-9-7-15(4-3-13)8-14-10(9)6-12(11)17-2/h5-6,8H,3-4,7H2,1-2H3. The van der Waals surface area contributed by atoms with Crippen molar-refractivity contribution in [3.8, 4) is 11.5 Å². The number of methoxy groups -OCH3 is 2. The number of nitrogens with zero attached hydrogens (tertiary/aromatic N) is 2. The molecule has 0 bridgehead atoms. The van der Waals surface area contributed by atoms with Gasteiger partial charge in [0, 0.05) is 30.6 Å². The second kappa shape index (κ2) is 5.27. The van der Waals surface area contributed by atoms with Gasteiger partial charge in [0.05, 0.1) is 26.2 Å². The van der Waals surface area contributed by atoms with Crippen molar-refractivity contribution in [1.82, 2.24) is 4.90 Å². The Hall–Kier alpha value is -1.42. The maximum atomic E-state index is 5.72. The van der Waals surface area contributed by atoms with Gasteiger partial charge < -0.3 is 14.4 Å². The summed E-state index contributed by atoms with van der Waals surface area (Å²) >= 11 is 5.72. The molecule has 0 aromatic heterocycles. The molecule has 0 saturated heterocycles. The number of alkyl halides is 1. The zero-order chi connectivity index (χ0) is 12.3. The van der Waals surface area contributed by atoms with Gasteiger partial charge in [-0.25, -0.2) is 4.99 Å². The summed E-state index contributed by atoms with van der Waals surface area (Å²) in [4.78, 5) is 6.45. The van der Waals surface area contributed by atoms with Crippen LogP contribution >= 0.6 is 11.6 Å². The van der Waals surface area contributed by atoms with Crippen LogP contribution in [0.3, 0.4) is 0 Å². The van der Waals surface area contributed by atoms with Crippen LogP contribution in [0.5, 0.6) is 11.5 Å². The Balaban J connectivity index is 2.31. The van der Waals surface area contributed by atoms with E-state index in [0.29, 0.717) is 11.6 Å². The van der Waals surface area contributed by atoms with Crippen LogP contribution in [-0.4, -0.2) is 37.9 Å². The first-order valence-electron chi connectivity index (χ1n) is 5.37. The van der Waals surface area contributed by atoms with Crippen LogP contribution in [0.1, 0.15) is 5.56 Å². The second-order valence-electron chi connectivity index (χ2n) is 3.74. The Bertz CT molecular complexity index is 435. The van der Waals surface area contributed by atoms with Crippen molar-refractivity contribution in [3.63, 3.8) is 0 Å². The molecule has 2 rings (SSSR count). The fraction of sp³-hybridized carbons (Fsp3) is 0.417. The summed E-state index contributed by atoms with van der Waals surface area (Å²) < 4.78 is 10.5. The van der Waals surface area contributed by atoms with E-state index in [1.165, 1.54) is 0 Å². The summed E-state index contributed by atoms with van der Waals surface area (Å²) in [5.74, 6) is 2.03. The summed E-state index contributed by atoms with van der Waals surface area (Å²) in [5, 5.41) is 0. The number of hydrogen-bond donors (Lipinski definition) is 0. The van der Waals surface area contributed by atoms with E-state index in [9.17, 15) is 0 Å². The summed E-state index contributed by atoms with van der Waals surface area (Å²) in [7, 11) is 3.25. The van der Waals surface area contributed by atoms with Gasteiger partial charge in [-0.1, -0.05) is 0 Å². The Kier molecular flexibility index (Phi) is 3.74. The number of hydrogen-bond acceptors (Lipinski definition) is 4. The molecule has 0 saturated carbocycles. The van der Waals surface area contributed by atoms with Crippen molar-refractivity contribution < 1.29 is 9.47 Å². The lowest BCUT2D eigenvalue weighted by Crippen LogP contribution is -2.25. The minimum absolute atomic E-state index is 0.592. The first-order valence-corrected chi connectivity index (χ1v) is 5.91. The molecular formula is C12H15ClN2O2. The van der Waals surface area contributed by atoms with Gasteiger partial charge >= 0.3 is 0 Å². The van der Waals surface area contributed by atoms with Crippen LogP contribution in [0.25, 0.3) is 0 Å².